The maximum atomic E-state index is 12.5. The number of ether oxygens (including phenoxy) is 6. The van der Waals surface area contributed by atoms with Crippen LogP contribution in [-0.2, 0) is 33.2 Å². The third-order valence-corrected chi connectivity index (χ3v) is 6.09. The molecule has 0 saturated carbocycles. The zero-order valence-electron chi connectivity index (χ0n) is 22.3. The Hall–Kier alpha value is -0.850. The molecule has 214 valence electrons. The Balaban J connectivity index is 2.71. The third kappa shape index (κ3) is 13.6. The number of hydrogen-bond acceptors (Lipinski definition) is 10. The molecule has 0 radical (unpaired) electrons. The molecule has 0 aromatic rings. The monoisotopic (exact) mass is 522 g/mol. The minimum absolute atomic E-state index is 0.0386. The van der Waals surface area contributed by atoms with Gasteiger partial charge in [0.05, 0.1) is 59.5 Å². The molecular formula is C26H50O10. The van der Waals surface area contributed by atoms with Crippen molar-refractivity contribution in [2.75, 3.05) is 59.5 Å². The second kappa shape index (κ2) is 22.2. The second-order valence-corrected chi connectivity index (χ2v) is 8.96. The first-order valence-corrected chi connectivity index (χ1v) is 13.7. The van der Waals surface area contributed by atoms with Gasteiger partial charge in [0.1, 0.15) is 24.4 Å². The molecule has 1 rings (SSSR count). The number of carbonyl (C=O) groups excluding carboxylic acids is 1. The van der Waals surface area contributed by atoms with E-state index in [1.54, 1.807) is 6.92 Å². The smallest absolute Gasteiger partial charge is 0.335 e. The molecule has 1 saturated heterocycles. The van der Waals surface area contributed by atoms with E-state index < -0.39 is 36.5 Å². The maximum Gasteiger partial charge on any atom is 0.335 e. The summed E-state index contributed by atoms with van der Waals surface area (Å²) in [6.07, 6.45) is 6.85. The Morgan fingerprint density at radius 3 is 2.14 bits per heavy atom. The van der Waals surface area contributed by atoms with Gasteiger partial charge in [-0.25, -0.2) is 4.79 Å². The molecule has 0 aromatic carbocycles. The molecule has 10 nitrogen and oxygen atoms in total. The molecule has 36 heavy (non-hydrogen) atoms. The van der Waals surface area contributed by atoms with Gasteiger partial charge in [-0.2, -0.15) is 0 Å². The summed E-state index contributed by atoms with van der Waals surface area (Å²) in [5, 5.41) is 27.6. The maximum absolute atomic E-state index is 12.5. The van der Waals surface area contributed by atoms with E-state index in [0.717, 1.165) is 19.3 Å². The molecule has 0 aliphatic carbocycles. The van der Waals surface area contributed by atoms with Crippen LogP contribution >= 0.6 is 0 Å². The molecule has 0 spiro atoms. The van der Waals surface area contributed by atoms with Crippen LogP contribution < -0.4 is 0 Å². The van der Waals surface area contributed by atoms with E-state index in [-0.39, 0.29) is 59.5 Å². The SMILES string of the molecule is CCCCCCCCCCC(OCC(OCCO)C1OCC(OCCO)C1OCCO)C(=O)OCC. The van der Waals surface area contributed by atoms with Crippen LogP contribution in [0.3, 0.4) is 0 Å². The van der Waals surface area contributed by atoms with Crippen molar-refractivity contribution in [1.82, 2.24) is 0 Å². The van der Waals surface area contributed by atoms with Crippen LogP contribution in [0.15, 0.2) is 0 Å². The predicted molar refractivity (Wildman–Crippen MR) is 134 cm³/mol. The second-order valence-electron chi connectivity index (χ2n) is 8.96. The molecule has 1 aliphatic rings. The molecule has 10 heteroatoms. The summed E-state index contributed by atoms with van der Waals surface area (Å²) in [6.45, 7) is 4.28. The van der Waals surface area contributed by atoms with Crippen molar-refractivity contribution in [2.45, 2.75) is 102 Å². The van der Waals surface area contributed by atoms with E-state index in [4.69, 9.17) is 33.5 Å². The van der Waals surface area contributed by atoms with E-state index in [1.807, 2.05) is 0 Å². The van der Waals surface area contributed by atoms with Crippen molar-refractivity contribution in [2.24, 2.45) is 0 Å². The van der Waals surface area contributed by atoms with Gasteiger partial charge < -0.3 is 43.7 Å². The summed E-state index contributed by atoms with van der Waals surface area (Å²) in [5.41, 5.74) is 0. The van der Waals surface area contributed by atoms with Gasteiger partial charge in [-0.3, -0.25) is 0 Å². The number of unbranched alkanes of at least 4 members (excludes halogenated alkanes) is 7. The molecule has 0 aromatic heterocycles. The summed E-state index contributed by atoms with van der Waals surface area (Å²) in [6, 6.07) is 0. The number of aliphatic hydroxyl groups excluding tert-OH is 3. The minimum Gasteiger partial charge on any atom is -0.464 e. The van der Waals surface area contributed by atoms with Crippen LogP contribution in [0.2, 0.25) is 0 Å². The summed E-state index contributed by atoms with van der Waals surface area (Å²) in [7, 11) is 0. The fourth-order valence-corrected chi connectivity index (χ4v) is 4.28. The Morgan fingerprint density at radius 1 is 0.861 bits per heavy atom. The van der Waals surface area contributed by atoms with Crippen molar-refractivity contribution < 1.29 is 48.5 Å². The standard InChI is InChI=1S/C26H50O10/c1-3-5-6-7-8-9-10-11-12-21(26(30)31-4-2)35-19-22(32-16-13-27)25-24(34-18-15-29)23(20-36-25)33-17-14-28/h21-25,27-29H,3-20H2,1-2H3. The topological polar surface area (TPSA) is 133 Å². The fraction of sp³-hybridized carbons (Fsp3) is 0.962. The lowest BCUT2D eigenvalue weighted by molar-refractivity contribution is -0.168. The first-order valence-electron chi connectivity index (χ1n) is 13.7. The summed E-state index contributed by atoms with van der Waals surface area (Å²) in [4.78, 5) is 12.5. The van der Waals surface area contributed by atoms with Gasteiger partial charge in [0, 0.05) is 0 Å². The van der Waals surface area contributed by atoms with Crippen LogP contribution in [-0.4, -0.2) is 111 Å². The van der Waals surface area contributed by atoms with Gasteiger partial charge in [0.15, 0.2) is 6.10 Å². The number of carbonyl (C=O) groups is 1. The number of aliphatic hydroxyl groups is 3. The highest BCUT2D eigenvalue weighted by Gasteiger charge is 2.44. The molecule has 1 aliphatic heterocycles. The molecule has 1 heterocycles. The van der Waals surface area contributed by atoms with E-state index in [9.17, 15) is 15.0 Å². The van der Waals surface area contributed by atoms with Crippen LogP contribution in [0, 0.1) is 0 Å². The van der Waals surface area contributed by atoms with Crippen molar-refractivity contribution >= 4 is 5.97 Å². The van der Waals surface area contributed by atoms with Gasteiger partial charge in [0.2, 0.25) is 0 Å². The van der Waals surface area contributed by atoms with Gasteiger partial charge >= 0.3 is 5.97 Å². The van der Waals surface area contributed by atoms with Crippen LogP contribution in [0.25, 0.3) is 0 Å². The van der Waals surface area contributed by atoms with Crippen molar-refractivity contribution in [3.63, 3.8) is 0 Å². The summed E-state index contributed by atoms with van der Waals surface area (Å²) in [5.74, 6) is -0.397. The summed E-state index contributed by atoms with van der Waals surface area (Å²) < 4.78 is 34.4. The van der Waals surface area contributed by atoms with Crippen LogP contribution in [0.4, 0.5) is 0 Å². The quantitative estimate of drug-likeness (QED) is 0.128. The first-order chi connectivity index (χ1) is 17.6. The molecule has 0 bridgehead atoms. The molecular weight excluding hydrogens is 472 g/mol. The van der Waals surface area contributed by atoms with Gasteiger partial charge in [-0.05, 0) is 13.3 Å². The number of hydrogen-bond donors (Lipinski definition) is 3. The van der Waals surface area contributed by atoms with E-state index in [1.165, 1.54) is 32.1 Å². The highest BCUT2D eigenvalue weighted by Crippen LogP contribution is 2.26. The largest absolute Gasteiger partial charge is 0.464 e. The Morgan fingerprint density at radius 2 is 1.50 bits per heavy atom. The molecule has 5 unspecified atom stereocenters. The number of esters is 1. The van der Waals surface area contributed by atoms with Crippen LogP contribution in [0.5, 0.6) is 0 Å². The molecule has 5 atom stereocenters. The fourth-order valence-electron chi connectivity index (χ4n) is 4.28. The normalized spacial score (nSPS) is 21.5. The van der Waals surface area contributed by atoms with Gasteiger partial charge in [-0.15, -0.1) is 0 Å². The van der Waals surface area contributed by atoms with Crippen LogP contribution in [0.1, 0.15) is 71.6 Å². The van der Waals surface area contributed by atoms with Crippen molar-refractivity contribution in [3.8, 4) is 0 Å². The van der Waals surface area contributed by atoms with Gasteiger partial charge in [0.25, 0.3) is 0 Å². The zero-order valence-corrected chi connectivity index (χ0v) is 22.3. The first kappa shape index (κ1) is 33.2. The summed E-state index contributed by atoms with van der Waals surface area (Å²) >= 11 is 0. The minimum atomic E-state index is -0.718. The Bertz CT molecular complexity index is 521. The van der Waals surface area contributed by atoms with Crippen molar-refractivity contribution in [3.05, 3.63) is 0 Å². The molecule has 0 amide bonds. The van der Waals surface area contributed by atoms with Gasteiger partial charge in [-0.1, -0.05) is 58.3 Å². The van der Waals surface area contributed by atoms with E-state index >= 15 is 0 Å². The zero-order chi connectivity index (χ0) is 26.4. The predicted octanol–water partition coefficient (Wildman–Crippen LogP) is 2.00. The highest BCUT2D eigenvalue weighted by atomic mass is 16.6. The Labute approximate surface area is 216 Å². The lowest BCUT2D eigenvalue weighted by atomic mass is 10.0. The van der Waals surface area contributed by atoms with E-state index in [2.05, 4.69) is 6.92 Å². The molecule has 1 fully saturated rings. The van der Waals surface area contributed by atoms with E-state index in [0.29, 0.717) is 6.42 Å². The highest BCUT2D eigenvalue weighted by molar-refractivity contribution is 5.74. The van der Waals surface area contributed by atoms with Crippen molar-refractivity contribution in [1.29, 1.82) is 0 Å². The molecule has 3 N–H and O–H groups in total. The lowest BCUT2D eigenvalue weighted by Gasteiger charge is -2.30. The average molecular weight is 523 g/mol. The average Bonchev–Trinajstić information content (AvgIpc) is 3.28. The third-order valence-electron chi connectivity index (χ3n) is 6.09. The number of rotatable bonds is 24. The Kier molecular flexibility index (Phi) is 20.4. The lowest BCUT2D eigenvalue weighted by Crippen LogP contribution is -2.46.